The van der Waals surface area contributed by atoms with E-state index in [0.29, 0.717) is 17.1 Å². The average molecular weight is 378 g/mol. The van der Waals surface area contributed by atoms with E-state index in [2.05, 4.69) is 10.6 Å². The minimum absolute atomic E-state index is 0.173. The van der Waals surface area contributed by atoms with Crippen molar-refractivity contribution >= 4 is 29.2 Å². The largest absolute Gasteiger partial charge is 0.459 e. The molecule has 3 rings (SSSR count). The topological polar surface area (TPSA) is 97.6 Å². The van der Waals surface area contributed by atoms with Gasteiger partial charge in [0, 0.05) is 18.3 Å². The normalized spacial score (nSPS) is 10.2. The van der Waals surface area contributed by atoms with E-state index in [4.69, 9.17) is 9.15 Å². The summed E-state index contributed by atoms with van der Waals surface area (Å²) in [6.45, 7) is 3.22. The van der Waals surface area contributed by atoms with Crippen LogP contribution in [0.1, 0.15) is 33.4 Å². The van der Waals surface area contributed by atoms with E-state index in [9.17, 15) is 14.4 Å². The number of ether oxygens (including phenoxy) is 1. The first kappa shape index (κ1) is 18.9. The van der Waals surface area contributed by atoms with Crippen LogP contribution >= 0.6 is 0 Å². The van der Waals surface area contributed by atoms with Gasteiger partial charge in [-0.15, -0.1) is 0 Å². The molecule has 1 heterocycles. The summed E-state index contributed by atoms with van der Waals surface area (Å²) in [7, 11) is 0. The number of nitrogens with one attached hydrogen (secondary N) is 2. The van der Waals surface area contributed by atoms with Gasteiger partial charge in [0.25, 0.3) is 5.91 Å². The number of anilines is 2. The van der Waals surface area contributed by atoms with Crippen molar-refractivity contribution in [3.05, 3.63) is 77.7 Å². The fourth-order valence-electron chi connectivity index (χ4n) is 2.45. The smallest absolute Gasteiger partial charge is 0.343 e. The molecular formula is C21H18N2O5. The maximum atomic E-state index is 12.4. The monoisotopic (exact) mass is 378 g/mol. The third-order valence-corrected chi connectivity index (χ3v) is 3.85. The van der Waals surface area contributed by atoms with E-state index in [0.717, 1.165) is 5.56 Å². The van der Waals surface area contributed by atoms with Gasteiger partial charge in [-0.2, -0.15) is 0 Å². The van der Waals surface area contributed by atoms with Crippen molar-refractivity contribution in [2.24, 2.45) is 0 Å². The van der Waals surface area contributed by atoms with Crippen LogP contribution < -0.4 is 15.4 Å². The number of aryl methyl sites for hydroxylation is 1. The maximum absolute atomic E-state index is 12.4. The number of furan rings is 1. The van der Waals surface area contributed by atoms with Crippen LogP contribution in [0, 0.1) is 6.92 Å². The van der Waals surface area contributed by atoms with Crippen molar-refractivity contribution < 1.29 is 23.5 Å². The SMILES string of the molecule is CC(=O)Nc1ccc(OC(=O)c2ccc(C)c(NC(=O)c3ccco3)c2)cc1. The van der Waals surface area contributed by atoms with Crippen LogP contribution in [0.5, 0.6) is 5.75 Å². The van der Waals surface area contributed by atoms with Gasteiger partial charge in [0.2, 0.25) is 5.91 Å². The quantitative estimate of drug-likeness (QED) is 0.516. The lowest BCUT2D eigenvalue weighted by atomic mass is 10.1. The van der Waals surface area contributed by atoms with Gasteiger partial charge in [-0.25, -0.2) is 4.79 Å². The Morgan fingerprint density at radius 1 is 0.964 bits per heavy atom. The molecular weight excluding hydrogens is 360 g/mol. The summed E-state index contributed by atoms with van der Waals surface area (Å²) in [5, 5.41) is 5.35. The molecule has 28 heavy (non-hydrogen) atoms. The molecule has 7 heteroatoms. The van der Waals surface area contributed by atoms with Crippen molar-refractivity contribution in [3.63, 3.8) is 0 Å². The number of hydrogen-bond acceptors (Lipinski definition) is 5. The molecule has 1 aromatic heterocycles. The van der Waals surface area contributed by atoms with Gasteiger partial charge in [-0.05, 0) is 61.0 Å². The van der Waals surface area contributed by atoms with Gasteiger partial charge in [0.15, 0.2) is 5.76 Å². The van der Waals surface area contributed by atoms with Crippen molar-refractivity contribution in [1.82, 2.24) is 0 Å². The van der Waals surface area contributed by atoms with E-state index in [1.165, 1.54) is 13.2 Å². The summed E-state index contributed by atoms with van der Waals surface area (Å²) in [6, 6.07) is 14.5. The Kier molecular flexibility index (Phi) is 5.55. The molecule has 0 fully saturated rings. The second kappa shape index (κ2) is 8.22. The van der Waals surface area contributed by atoms with Gasteiger partial charge < -0.3 is 19.8 Å². The lowest BCUT2D eigenvalue weighted by molar-refractivity contribution is -0.114. The molecule has 7 nitrogen and oxygen atoms in total. The Morgan fingerprint density at radius 2 is 1.71 bits per heavy atom. The summed E-state index contributed by atoms with van der Waals surface area (Å²) < 4.78 is 10.4. The zero-order valence-electron chi connectivity index (χ0n) is 15.3. The van der Waals surface area contributed by atoms with Crippen molar-refractivity contribution in [3.8, 4) is 5.75 Å². The predicted molar refractivity (Wildman–Crippen MR) is 104 cm³/mol. The second-order valence-electron chi connectivity index (χ2n) is 6.06. The summed E-state index contributed by atoms with van der Waals surface area (Å²) in [5.41, 5.74) is 2.16. The first-order valence-electron chi connectivity index (χ1n) is 8.48. The fraction of sp³-hybridized carbons (Fsp3) is 0.0952. The Morgan fingerprint density at radius 3 is 2.36 bits per heavy atom. The molecule has 142 valence electrons. The third kappa shape index (κ3) is 4.64. The van der Waals surface area contributed by atoms with Crippen LogP contribution in [0.25, 0.3) is 0 Å². The molecule has 0 saturated carbocycles. The van der Waals surface area contributed by atoms with Crippen LogP contribution in [0.2, 0.25) is 0 Å². The number of esters is 1. The van der Waals surface area contributed by atoms with Crippen LogP contribution in [0.15, 0.2) is 65.3 Å². The third-order valence-electron chi connectivity index (χ3n) is 3.85. The van der Waals surface area contributed by atoms with E-state index in [-0.39, 0.29) is 17.2 Å². The Bertz CT molecular complexity index is 1010. The molecule has 2 aromatic carbocycles. The molecule has 0 aliphatic rings. The number of benzene rings is 2. The van der Waals surface area contributed by atoms with Crippen molar-refractivity contribution in [1.29, 1.82) is 0 Å². The van der Waals surface area contributed by atoms with E-state index >= 15 is 0 Å². The zero-order chi connectivity index (χ0) is 20.1. The van der Waals surface area contributed by atoms with Gasteiger partial charge in [-0.1, -0.05) is 6.07 Å². The molecule has 0 saturated heterocycles. The minimum Gasteiger partial charge on any atom is -0.459 e. The Labute approximate surface area is 161 Å². The molecule has 0 aliphatic carbocycles. The summed E-state index contributed by atoms with van der Waals surface area (Å²) in [5.74, 6) is -0.658. The number of hydrogen-bond donors (Lipinski definition) is 2. The minimum atomic E-state index is -0.569. The van der Waals surface area contributed by atoms with E-state index in [1.807, 2.05) is 6.92 Å². The lowest BCUT2D eigenvalue weighted by Gasteiger charge is -2.10. The molecule has 0 unspecified atom stereocenters. The van der Waals surface area contributed by atoms with Crippen LogP contribution in [0.3, 0.4) is 0 Å². The van der Waals surface area contributed by atoms with Crippen LogP contribution in [-0.2, 0) is 4.79 Å². The Hall–Kier alpha value is -3.87. The average Bonchev–Trinajstić information content (AvgIpc) is 3.19. The predicted octanol–water partition coefficient (Wildman–Crippen LogP) is 4.02. The summed E-state index contributed by atoms with van der Waals surface area (Å²) >= 11 is 0. The molecule has 0 spiro atoms. The highest BCUT2D eigenvalue weighted by Gasteiger charge is 2.14. The highest BCUT2D eigenvalue weighted by molar-refractivity contribution is 6.03. The van der Waals surface area contributed by atoms with Gasteiger partial charge in [0.1, 0.15) is 5.75 Å². The van der Waals surface area contributed by atoms with Gasteiger partial charge >= 0.3 is 5.97 Å². The molecule has 3 aromatic rings. The fourth-order valence-corrected chi connectivity index (χ4v) is 2.45. The molecule has 2 N–H and O–H groups in total. The molecule has 0 aliphatic heterocycles. The standard InChI is InChI=1S/C21H18N2O5/c1-13-5-6-15(12-18(13)23-20(25)19-4-3-11-27-19)21(26)28-17-9-7-16(8-10-17)22-14(2)24/h3-12H,1-2H3,(H,22,24)(H,23,25). The maximum Gasteiger partial charge on any atom is 0.343 e. The van der Waals surface area contributed by atoms with E-state index in [1.54, 1.807) is 54.6 Å². The number of rotatable bonds is 5. The van der Waals surface area contributed by atoms with Gasteiger partial charge in [-0.3, -0.25) is 9.59 Å². The Balaban J connectivity index is 1.71. The van der Waals surface area contributed by atoms with Crippen LogP contribution in [0.4, 0.5) is 11.4 Å². The van der Waals surface area contributed by atoms with Crippen LogP contribution in [-0.4, -0.2) is 17.8 Å². The summed E-state index contributed by atoms with van der Waals surface area (Å²) in [4.78, 5) is 35.6. The lowest BCUT2D eigenvalue weighted by Crippen LogP contribution is -2.14. The number of carbonyl (C=O) groups is 3. The van der Waals surface area contributed by atoms with Crippen molar-refractivity contribution in [2.75, 3.05) is 10.6 Å². The molecule has 0 radical (unpaired) electrons. The van der Waals surface area contributed by atoms with Crippen molar-refractivity contribution in [2.45, 2.75) is 13.8 Å². The highest BCUT2D eigenvalue weighted by Crippen LogP contribution is 2.21. The molecule has 0 bridgehead atoms. The second-order valence-corrected chi connectivity index (χ2v) is 6.06. The number of amides is 2. The van der Waals surface area contributed by atoms with Gasteiger partial charge in [0.05, 0.1) is 11.8 Å². The molecule has 2 amide bonds. The number of carbonyl (C=O) groups excluding carboxylic acids is 3. The molecule has 0 atom stereocenters. The first-order valence-corrected chi connectivity index (χ1v) is 8.48. The highest BCUT2D eigenvalue weighted by atomic mass is 16.5. The van der Waals surface area contributed by atoms with E-state index < -0.39 is 11.9 Å². The summed E-state index contributed by atoms with van der Waals surface area (Å²) in [6.07, 6.45) is 1.41. The zero-order valence-corrected chi connectivity index (χ0v) is 15.3. The first-order chi connectivity index (χ1) is 13.4.